The standard InChI is InChI=1S/C19H37NS/c1-19(2)16-14-12-10-8-6-4-3-5-7-9-11-13-15-17-20-18-21/h19H,3-17H2,1-2H3. The first kappa shape index (κ1) is 20.8. The molecular weight excluding hydrogens is 274 g/mol. The van der Waals surface area contributed by atoms with E-state index in [0.29, 0.717) is 0 Å². The Hall–Kier alpha value is -0.200. The number of unbranched alkanes of at least 4 members (excludes halogenated alkanes) is 12. The number of isothiocyanates is 1. The second-order valence-electron chi connectivity index (χ2n) is 6.75. The maximum absolute atomic E-state index is 4.55. The normalized spacial score (nSPS) is 10.8. The molecule has 0 aromatic rings. The molecule has 0 aliphatic carbocycles. The Morgan fingerprint density at radius 1 is 0.667 bits per heavy atom. The van der Waals surface area contributed by atoms with Gasteiger partial charge in [0.05, 0.1) is 5.16 Å². The quantitative estimate of drug-likeness (QED) is 0.167. The Kier molecular flexibility index (Phi) is 17.7. The van der Waals surface area contributed by atoms with Crippen LogP contribution in [-0.4, -0.2) is 11.7 Å². The minimum Gasteiger partial charge on any atom is -0.233 e. The fraction of sp³-hybridized carbons (Fsp3) is 0.947. The van der Waals surface area contributed by atoms with Crippen LogP contribution >= 0.6 is 12.2 Å². The van der Waals surface area contributed by atoms with Gasteiger partial charge in [0.2, 0.25) is 0 Å². The van der Waals surface area contributed by atoms with Crippen LogP contribution in [-0.2, 0) is 0 Å². The molecule has 0 radical (unpaired) electrons. The average molecular weight is 312 g/mol. The van der Waals surface area contributed by atoms with E-state index in [-0.39, 0.29) is 0 Å². The number of hydrogen-bond acceptors (Lipinski definition) is 2. The first-order valence-corrected chi connectivity index (χ1v) is 9.72. The summed E-state index contributed by atoms with van der Waals surface area (Å²) < 4.78 is 0. The largest absolute Gasteiger partial charge is 0.233 e. The van der Waals surface area contributed by atoms with E-state index in [1.807, 2.05) is 0 Å². The Morgan fingerprint density at radius 2 is 1.05 bits per heavy atom. The average Bonchev–Trinajstić information content (AvgIpc) is 2.46. The minimum absolute atomic E-state index is 0.876. The van der Waals surface area contributed by atoms with Crippen LogP contribution in [0.4, 0.5) is 0 Å². The molecule has 0 aliphatic heterocycles. The molecule has 21 heavy (non-hydrogen) atoms. The van der Waals surface area contributed by atoms with E-state index in [1.165, 1.54) is 89.9 Å². The highest BCUT2D eigenvalue weighted by Crippen LogP contribution is 2.14. The van der Waals surface area contributed by atoms with Gasteiger partial charge in [-0.25, -0.2) is 4.99 Å². The van der Waals surface area contributed by atoms with Crippen molar-refractivity contribution in [2.24, 2.45) is 10.9 Å². The molecule has 0 N–H and O–H groups in total. The molecule has 0 saturated carbocycles. The van der Waals surface area contributed by atoms with Crippen molar-refractivity contribution in [3.63, 3.8) is 0 Å². The summed E-state index contributed by atoms with van der Waals surface area (Å²) in [6, 6.07) is 0. The Bertz CT molecular complexity index is 244. The van der Waals surface area contributed by atoms with Crippen LogP contribution in [0.1, 0.15) is 104 Å². The van der Waals surface area contributed by atoms with Crippen molar-refractivity contribution in [1.29, 1.82) is 0 Å². The van der Waals surface area contributed by atoms with Crippen molar-refractivity contribution < 1.29 is 0 Å². The summed E-state index contributed by atoms with van der Waals surface area (Å²) in [4.78, 5) is 3.94. The van der Waals surface area contributed by atoms with Crippen molar-refractivity contribution in [2.75, 3.05) is 6.54 Å². The molecule has 0 heterocycles. The van der Waals surface area contributed by atoms with Gasteiger partial charge >= 0.3 is 0 Å². The second kappa shape index (κ2) is 17.9. The molecular formula is C19H37NS. The summed E-state index contributed by atoms with van der Waals surface area (Å²) in [6.07, 6.45) is 19.7. The van der Waals surface area contributed by atoms with Gasteiger partial charge in [-0.1, -0.05) is 97.3 Å². The summed E-state index contributed by atoms with van der Waals surface area (Å²) in [6.45, 7) is 5.53. The van der Waals surface area contributed by atoms with Crippen LogP contribution in [0, 0.1) is 5.92 Å². The Labute approximate surface area is 139 Å². The van der Waals surface area contributed by atoms with E-state index in [9.17, 15) is 0 Å². The topological polar surface area (TPSA) is 12.4 Å². The third kappa shape index (κ3) is 19.8. The maximum Gasteiger partial charge on any atom is 0.0584 e. The van der Waals surface area contributed by atoms with Crippen LogP contribution in [0.5, 0.6) is 0 Å². The zero-order valence-electron chi connectivity index (χ0n) is 14.5. The number of hydrogen-bond donors (Lipinski definition) is 0. The number of thiocarbonyl (C=S) groups is 1. The van der Waals surface area contributed by atoms with Crippen LogP contribution < -0.4 is 0 Å². The Balaban J connectivity index is 2.98. The van der Waals surface area contributed by atoms with E-state index in [4.69, 9.17) is 0 Å². The van der Waals surface area contributed by atoms with Gasteiger partial charge in [-0.3, -0.25) is 0 Å². The fourth-order valence-corrected chi connectivity index (χ4v) is 2.82. The van der Waals surface area contributed by atoms with Gasteiger partial charge in [-0.05, 0) is 24.6 Å². The molecule has 0 aromatic carbocycles. The minimum atomic E-state index is 0.876. The highest BCUT2D eigenvalue weighted by atomic mass is 32.1. The Morgan fingerprint density at radius 3 is 1.43 bits per heavy atom. The van der Waals surface area contributed by atoms with E-state index in [1.54, 1.807) is 0 Å². The molecule has 0 amide bonds. The van der Waals surface area contributed by atoms with Crippen molar-refractivity contribution in [3.05, 3.63) is 0 Å². The lowest BCUT2D eigenvalue weighted by Gasteiger charge is -2.04. The monoisotopic (exact) mass is 311 g/mol. The molecule has 1 nitrogen and oxygen atoms in total. The highest BCUT2D eigenvalue weighted by molar-refractivity contribution is 7.78. The van der Waals surface area contributed by atoms with Crippen molar-refractivity contribution >= 4 is 17.4 Å². The number of nitrogens with zero attached hydrogens (tertiary/aromatic N) is 1. The number of aliphatic imine (C=N–C) groups is 1. The molecule has 0 rings (SSSR count). The predicted octanol–water partition coefficient (Wildman–Crippen LogP) is 7.21. The highest BCUT2D eigenvalue weighted by Gasteiger charge is 1.95. The van der Waals surface area contributed by atoms with E-state index in [0.717, 1.165) is 12.5 Å². The van der Waals surface area contributed by atoms with Crippen LogP contribution in [0.15, 0.2) is 4.99 Å². The van der Waals surface area contributed by atoms with Gasteiger partial charge in [0.15, 0.2) is 0 Å². The molecule has 0 saturated heterocycles. The van der Waals surface area contributed by atoms with E-state index < -0.39 is 0 Å². The smallest absolute Gasteiger partial charge is 0.0584 e. The molecule has 0 fully saturated rings. The molecule has 0 bridgehead atoms. The second-order valence-corrected chi connectivity index (χ2v) is 6.93. The van der Waals surface area contributed by atoms with Crippen LogP contribution in [0.25, 0.3) is 0 Å². The first-order chi connectivity index (χ1) is 10.3. The third-order valence-corrected chi connectivity index (χ3v) is 4.25. The summed E-state index contributed by atoms with van der Waals surface area (Å²) in [5.41, 5.74) is 0. The SMILES string of the molecule is CC(C)CCCCCCCCCCCCCCCN=C=S. The van der Waals surface area contributed by atoms with Crippen LogP contribution in [0.3, 0.4) is 0 Å². The molecule has 124 valence electrons. The van der Waals surface area contributed by atoms with E-state index >= 15 is 0 Å². The lowest BCUT2D eigenvalue weighted by Crippen LogP contribution is -1.87. The van der Waals surface area contributed by atoms with Gasteiger partial charge in [-0.2, -0.15) is 0 Å². The zero-order valence-corrected chi connectivity index (χ0v) is 15.4. The molecule has 2 heteroatoms. The van der Waals surface area contributed by atoms with Crippen molar-refractivity contribution in [2.45, 2.75) is 104 Å². The third-order valence-electron chi connectivity index (χ3n) is 4.12. The summed E-state index contributed by atoms with van der Waals surface area (Å²) in [5, 5.41) is 2.43. The summed E-state index contributed by atoms with van der Waals surface area (Å²) >= 11 is 4.55. The first-order valence-electron chi connectivity index (χ1n) is 9.31. The molecule has 0 atom stereocenters. The molecule has 0 unspecified atom stereocenters. The van der Waals surface area contributed by atoms with Gasteiger partial charge in [0, 0.05) is 6.54 Å². The maximum atomic E-state index is 4.55. The molecule has 0 aliphatic rings. The van der Waals surface area contributed by atoms with Gasteiger partial charge < -0.3 is 0 Å². The predicted molar refractivity (Wildman–Crippen MR) is 99.4 cm³/mol. The van der Waals surface area contributed by atoms with Crippen molar-refractivity contribution in [1.82, 2.24) is 0 Å². The number of rotatable bonds is 16. The van der Waals surface area contributed by atoms with E-state index in [2.05, 4.69) is 36.2 Å². The van der Waals surface area contributed by atoms with Gasteiger partial charge in [-0.15, -0.1) is 0 Å². The molecule has 0 aromatic heterocycles. The lowest BCUT2D eigenvalue weighted by molar-refractivity contribution is 0.503. The molecule has 0 spiro atoms. The fourth-order valence-electron chi connectivity index (χ4n) is 2.73. The van der Waals surface area contributed by atoms with Gasteiger partial charge in [0.1, 0.15) is 0 Å². The lowest BCUT2D eigenvalue weighted by atomic mass is 10.0. The zero-order chi connectivity index (χ0) is 15.6. The van der Waals surface area contributed by atoms with Gasteiger partial charge in [0.25, 0.3) is 0 Å². The van der Waals surface area contributed by atoms with Crippen molar-refractivity contribution in [3.8, 4) is 0 Å². The summed E-state index contributed by atoms with van der Waals surface area (Å²) in [7, 11) is 0. The summed E-state index contributed by atoms with van der Waals surface area (Å²) in [5.74, 6) is 0.887. The van der Waals surface area contributed by atoms with Crippen LogP contribution in [0.2, 0.25) is 0 Å².